The molecule has 0 saturated heterocycles. The number of rotatable bonds is 7. The zero-order chi connectivity index (χ0) is 20.9. The largest absolute Gasteiger partial charge is 0.497 e. The van der Waals surface area contributed by atoms with Crippen molar-refractivity contribution in [2.45, 2.75) is 12.3 Å². The molecule has 1 heterocycles. The van der Waals surface area contributed by atoms with Crippen LogP contribution in [0.4, 0.5) is 0 Å². The van der Waals surface area contributed by atoms with Crippen molar-refractivity contribution in [2.75, 3.05) is 14.2 Å². The van der Waals surface area contributed by atoms with Gasteiger partial charge in [0, 0.05) is 12.1 Å². The van der Waals surface area contributed by atoms with Crippen LogP contribution >= 0.6 is 0 Å². The fourth-order valence-electron chi connectivity index (χ4n) is 3.41. The molecule has 0 amide bonds. The van der Waals surface area contributed by atoms with Crippen LogP contribution in [0.3, 0.4) is 0 Å². The molecular formula is C24H22N2O4. The highest BCUT2D eigenvalue weighted by molar-refractivity contribution is 6.03. The maximum Gasteiger partial charge on any atom is 0.365 e. The molecule has 1 fully saturated rings. The molecule has 0 spiro atoms. The molecule has 0 aliphatic heterocycles. The van der Waals surface area contributed by atoms with Gasteiger partial charge in [0.2, 0.25) is 0 Å². The van der Waals surface area contributed by atoms with Crippen LogP contribution in [0.1, 0.15) is 34.0 Å². The molecule has 2 unspecified atom stereocenters. The fourth-order valence-corrected chi connectivity index (χ4v) is 3.41. The third-order valence-electron chi connectivity index (χ3n) is 5.17. The van der Waals surface area contributed by atoms with Crippen molar-refractivity contribution in [2.24, 2.45) is 11.1 Å². The van der Waals surface area contributed by atoms with Crippen molar-refractivity contribution >= 4 is 11.7 Å². The Morgan fingerprint density at radius 1 is 0.933 bits per heavy atom. The summed E-state index contributed by atoms with van der Waals surface area (Å²) in [6, 6.07) is 20.4. The van der Waals surface area contributed by atoms with Crippen LogP contribution in [0, 0.1) is 5.92 Å². The van der Waals surface area contributed by atoms with Crippen molar-refractivity contribution in [1.29, 1.82) is 0 Å². The number of hydrogen-bond acceptors (Lipinski definition) is 6. The molecule has 0 bridgehead atoms. The molecule has 2 aromatic carbocycles. The van der Waals surface area contributed by atoms with Crippen LogP contribution in [0.15, 0.2) is 78.1 Å². The van der Waals surface area contributed by atoms with E-state index < -0.39 is 5.97 Å². The van der Waals surface area contributed by atoms with Crippen LogP contribution in [0.25, 0.3) is 0 Å². The molecule has 4 rings (SSSR count). The Kier molecular flexibility index (Phi) is 5.75. The summed E-state index contributed by atoms with van der Waals surface area (Å²) in [5, 5.41) is 4.23. The smallest absolute Gasteiger partial charge is 0.365 e. The Morgan fingerprint density at radius 3 is 2.20 bits per heavy atom. The summed E-state index contributed by atoms with van der Waals surface area (Å²) >= 11 is 0. The standard InChI is InChI=1S/C24H22N2O4/c1-28-18-10-6-16(7-11-18)20-15-21(20)23(22-5-3-4-14-25-22)26-30-24(27)17-8-12-19(29-2)13-9-17/h3-14,20-21H,15H2,1-2H3. The van der Waals surface area contributed by atoms with E-state index >= 15 is 0 Å². The van der Waals surface area contributed by atoms with Crippen molar-refractivity contribution in [3.05, 3.63) is 89.7 Å². The first kappa shape index (κ1) is 19.6. The maximum absolute atomic E-state index is 12.4. The number of benzene rings is 2. The van der Waals surface area contributed by atoms with E-state index in [1.807, 2.05) is 30.3 Å². The van der Waals surface area contributed by atoms with Gasteiger partial charge in [0.25, 0.3) is 0 Å². The number of hydrogen-bond donors (Lipinski definition) is 0. The number of aromatic nitrogens is 1. The molecule has 1 aliphatic rings. The van der Waals surface area contributed by atoms with Gasteiger partial charge in [-0.05, 0) is 66.4 Å². The van der Waals surface area contributed by atoms with Gasteiger partial charge in [0.15, 0.2) is 0 Å². The summed E-state index contributed by atoms with van der Waals surface area (Å²) in [4.78, 5) is 22.1. The quantitative estimate of drug-likeness (QED) is 0.331. The molecule has 30 heavy (non-hydrogen) atoms. The average Bonchev–Trinajstić information content (AvgIpc) is 3.60. The number of pyridine rings is 1. The van der Waals surface area contributed by atoms with Gasteiger partial charge in [0.1, 0.15) is 17.2 Å². The molecule has 1 aromatic heterocycles. The van der Waals surface area contributed by atoms with Gasteiger partial charge in [-0.15, -0.1) is 0 Å². The first-order chi connectivity index (χ1) is 14.7. The Balaban J connectivity index is 1.54. The number of methoxy groups -OCH3 is 2. The zero-order valence-electron chi connectivity index (χ0n) is 16.8. The van der Waals surface area contributed by atoms with Gasteiger partial charge < -0.3 is 14.3 Å². The number of carbonyl (C=O) groups excluding carboxylic acids is 1. The molecule has 6 nitrogen and oxygen atoms in total. The van der Waals surface area contributed by atoms with Crippen LogP contribution in [-0.4, -0.2) is 30.9 Å². The normalized spacial score (nSPS) is 17.9. The van der Waals surface area contributed by atoms with E-state index in [0.29, 0.717) is 28.6 Å². The molecule has 3 aromatic rings. The van der Waals surface area contributed by atoms with Gasteiger partial charge >= 0.3 is 5.97 Å². The highest BCUT2D eigenvalue weighted by Crippen LogP contribution is 2.49. The van der Waals surface area contributed by atoms with Gasteiger partial charge in [-0.25, -0.2) is 4.79 Å². The molecule has 6 heteroatoms. The van der Waals surface area contributed by atoms with E-state index in [4.69, 9.17) is 14.3 Å². The van der Waals surface area contributed by atoms with Crippen molar-refractivity contribution in [3.8, 4) is 11.5 Å². The first-order valence-corrected chi connectivity index (χ1v) is 9.68. The molecule has 0 N–H and O–H groups in total. The fraction of sp³-hybridized carbons (Fsp3) is 0.208. The van der Waals surface area contributed by atoms with E-state index in [-0.39, 0.29) is 5.92 Å². The van der Waals surface area contributed by atoms with Crippen LogP contribution in [0.5, 0.6) is 11.5 Å². The summed E-state index contributed by atoms with van der Waals surface area (Å²) in [5.74, 6) is 1.41. The van der Waals surface area contributed by atoms with Gasteiger partial charge in [-0.3, -0.25) is 4.98 Å². The highest BCUT2D eigenvalue weighted by Gasteiger charge is 2.43. The molecule has 152 valence electrons. The minimum absolute atomic E-state index is 0.136. The number of nitrogens with zero attached hydrogens (tertiary/aromatic N) is 2. The minimum Gasteiger partial charge on any atom is -0.497 e. The molecule has 1 aliphatic carbocycles. The summed E-state index contributed by atoms with van der Waals surface area (Å²) in [5.41, 5.74) is 2.99. The van der Waals surface area contributed by atoms with E-state index in [9.17, 15) is 4.79 Å². The topological polar surface area (TPSA) is 70.0 Å². The molecule has 2 atom stereocenters. The maximum atomic E-state index is 12.4. The summed E-state index contributed by atoms with van der Waals surface area (Å²) < 4.78 is 10.4. The predicted octanol–water partition coefficient (Wildman–Crippen LogP) is 4.46. The average molecular weight is 402 g/mol. The molecular weight excluding hydrogens is 380 g/mol. The third-order valence-corrected chi connectivity index (χ3v) is 5.17. The highest BCUT2D eigenvalue weighted by atomic mass is 16.7. The monoisotopic (exact) mass is 402 g/mol. The minimum atomic E-state index is -0.521. The van der Waals surface area contributed by atoms with Crippen molar-refractivity contribution in [3.63, 3.8) is 0 Å². The van der Waals surface area contributed by atoms with Crippen LogP contribution in [0.2, 0.25) is 0 Å². The second-order valence-electron chi connectivity index (χ2n) is 7.02. The van der Waals surface area contributed by atoms with Crippen molar-refractivity contribution < 1.29 is 19.1 Å². The lowest BCUT2D eigenvalue weighted by molar-refractivity contribution is 0.0515. The van der Waals surface area contributed by atoms with Gasteiger partial charge in [-0.1, -0.05) is 23.4 Å². The lowest BCUT2D eigenvalue weighted by Crippen LogP contribution is -2.11. The molecule has 0 radical (unpaired) electrons. The Hall–Kier alpha value is -3.67. The third kappa shape index (κ3) is 4.33. The van der Waals surface area contributed by atoms with E-state index in [2.05, 4.69) is 22.3 Å². The Bertz CT molecular complexity index is 1030. The summed E-state index contributed by atoms with van der Waals surface area (Å²) in [6.07, 6.45) is 2.63. The van der Waals surface area contributed by atoms with E-state index in [1.165, 1.54) is 5.56 Å². The Morgan fingerprint density at radius 2 is 1.60 bits per heavy atom. The Labute approximate surface area is 175 Å². The summed E-state index contributed by atoms with van der Waals surface area (Å²) in [6.45, 7) is 0. The van der Waals surface area contributed by atoms with Crippen LogP contribution in [-0.2, 0) is 4.84 Å². The van der Waals surface area contributed by atoms with Crippen molar-refractivity contribution in [1.82, 2.24) is 4.98 Å². The predicted molar refractivity (Wildman–Crippen MR) is 113 cm³/mol. The SMILES string of the molecule is COc1ccc(C(=O)ON=C(c2ccccn2)C2CC2c2ccc(OC)cc2)cc1. The van der Waals surface area contributed by atoms with Gasteiger partial charge in [0.05, 0.1) is 25.5 Å². The first-order valence-electron chi connectivity index (χ1n) is 9.68. The lowest BCUT2D eigenvalue weighted by atomic mass is 10.1. The number of ether oxygens (including phenoxy) is 2. The zero-order valence-corrected chi connectivity index (χ0v) is 16.8. The number of carbonyl (C=O) groups is 1. The van der Waals surface area contributed by atoms with Gasteiger partial charge in [-0.2, -0.15) is 0 Å². The van der Waals surface area contributed by atoms with E-state index in [1.54, 1.807) is 44.7 Å². The second-order valence-corrected chi connectivity index (χ2v) is 7.02. The lowest BCUT2D eigenvalue weighted by Gasteiger charge is -2.07. The molecule has 1 saturated carbocycles. The van der Waals surface area contributed by atoms with E-state index in [0.717, 1.165) is 12.2 Å². The summed E-state index contributed by atoms with van der Waals surface area (Å²) in [7, 11) is 3.23. The number of oxime groups is 1. The van der Waals surface area contributed by atoms with Crippen LogP contribution < -0.4 is 9.47 Å². The second kappa shape index (κ2) is 8.78.